The molecule has 0 atom stereocenters. The van der Waals surface area contributed by atoms with E-state index in [9.17, 15) is 0 Å². The number of nitrogens with zero attached hydrogens (tertiary/aromatic N) is 4. The predicted molar refractivity (Wildman–Crippen MR) is 68.6 cm³/mol. The lowest BCUT2D eigenvalue weighted by atomic mass is 10.2. The number of aromatic amines is 1. The summed E-state index contributed by atoms with van der Waals surface area (Å²) < 4.78 is 0. The first kappa shape index (κ1) is 12.4. The average molecular weight is 269 g/mol. The largest absolute Gasteiger partial charge is 0.345 e. The summed E-state index contributed by atoms with van der Waals surface area (Å²) in [6.07, 6.45) is 1.58. The number of H-pyrrole nitrogens is 1. The van der Waals surface area contributed by atoms with Gasteiger partial charge in [0.05, 0.1) is 16.7 Å². The molecule has 0 amide bonds. The molecule has 1 heterocycles. The Hall–Kier alpha value is -3.01. The van der Waals surface area contributed by atoms with Gasteiger partial charge >= 0.3 is 0 Å². The molecule has 2 aromatic rings. The SMILES string of the molecule is N#CC(C#N)=C(C#N)Nc1cc(Cl)c2cn[nH]c2c1. The van der Waals surface area contributed by atoms with Gasteiger partial charge in [-0.05, 0) is 12.1 Å². The zero-order valence-electron chi connectivity index (χ0n) is 9.40. The number of nitrogens with one attached hydrogen (secondary N) is 2. The van der Waals surface area contributed by atoms with Gasteiger partial charge in [-0.15, -0.1) is 0 Å². The van der Waals surface area contributed by atoms with E-state index in [0.717, 1.165) is 5.39 Å². The topological polar surface area (TPSA) is 112 Å². The van der Waals surface area contributed by atoms with Crippen molar-refractivity contribution in [3.05, 3.63) is 34.6 Å². The first-order valence-electron chi connectivity index (χ1n) is 5.03. The van der Waals surface area contributed by atoms with E-state index in [1.54, 1.807) is 36.5 Å². The first-order chi connectivity index (χ1) is 9.19. The molecule has 90 valence electrons. The van der Waals surface area contributed by atoms with Crippen molar-refractivity contribution in [3.8, 4) is 18.2 Å². The van der Waals surface area contributed by atoms with Crippen LogP contribution in [0.15, 0.2) is 29.6 Å². The Bertz CT molecular complexity index is 780. The Labute approximate surface area is 113 Å². The molecule has 0 saturated heterocycles. The third-order valence-corrected chi connectivity index (χ3v) is 2.68. The number of nitriles is 3. The molecular weight excluding hydrogens is 264 g/mol. The maximum absolute atomic E-state index is 8.94. The van der Waals surface area contributed by atoms with E-state index in [1.807, 2.05) is 0 Å². The molecule has 0 aliphatic rings. The van der Waals surface area contributed by atoms with E-state index in [1.165, 1.54) is 0 Å². The molecule has 19 heavy (non-hydrogen) atoms. The van der Waals surface area contributed by atoms with Crippen LogP contribution >= 0.6 is 11.6 Å². The van der Waals surface area contributed by atoms with Crippen LogP contribution in [0.1, 0.15) is 0 Å². The van der Waals surface area contributed by atoms with E-state index in [-0.39, 0.29) is 11.3 Å². The first-order valence-corrected chi connectivity index (χ1v) is 5.41. The predicted octanol–water partition coefficient (Wildman–Crippen LogP) is 2.45. The molecule has 1 aromatic heterocycles. The highest BCUT2D eigenvalue weighted by atomic mass is 35.5. The molecule has 1 aromatic carbocycles. The fourth-order valence-electron chi connectivity index (χ4n) is 1.51. The minimum atomic E-state index is -0.289. The van der Waals surface area contributed by atoms with Gasteiger partial charge < -0.3 is 5.32 Å². The Kier molecular flexibility index (Phi) is 3.34. The molecule has 0 bridgehead atoms. The zero-order chi connectivity index (χ0) is 13.8. The van der Waals surface area contributed by atoms with Crippen LogP contribution in [0.3, 0.4) is 0 Å². The van der Waals surface area contributed by atoms with Crippen LogP contribution in [-0.2, 0) is 0 Å². The van der Waals surface area contributed by atoms with Crippen LogP contribution in [0.2, 0.25) is 5.02 Å². The number of halogens is 1. The van der Waals surface area contributed by atoms with Crippen molar-refractivity contribution in [3.63, 3.8) is 0 Å². The number of hydrogen-bond donors (Lipinski definition) is 2. The van der Waals surface area contributed by atoms with Crippen molar-refractivity contribution in [2.75, 3.05) is 5.32 Å². The Morgan fingerprint density at radius 2 is 1.95 bits per heavy atom. The smallest absolute Gasteiger partial charge is 0.163 e. The van der Waals surface area contributed by atoms with Gasteiger partial charge in [0.2, 0.25) is 0 Å². The van der Waals surface area contributed by atoms with Gasteiger partial charge in [0, 0.05) is 11.1 Å². The summed E-state index contributed by atoms with van der Waals surface area (Å²) in [5.74, 6) is 0. The van der Waals surface area contributed by atoms with Crippen molar-refractivity contribution in [1.29, 1.82) is 15.8 Å². The van der Waals surface area contributed by atoms with Crippen molar-refractivity contribution in [2.24, 2.45) is 0 Å². The molecule has 0 aliphatic heterocycles. The third-order valence-electron chi connectivity index (χ3n) is 2.36. The van der Waals surface area contributed by atoms with Gasteiger partial charge in [-0.3, -0.25) is 5.10 Å². The fraction of sp³-hybridized carbons (Fsp3) is 0. The molecule has 2 rings (SSSR count). The van der Waals surface area contributed by atoms with Gasteiger partial charge in [0.15, 0.2) is 5.57 Å². The lowest BCUT2D eigenvalue weighted by Gasteiger charge is -2.05. The van der Waals surface area contributed by atoms with Crippen LogP contribution in [0, 0.1) is 34.0 Å². The molecule has 2 N–H and O–H groups in total. The quantitative estimate of drug-likeness (QED) is 0.812. The molecule has 7 heteroatoms. The van der Waals surface area contributed by atoms with Crippen LogP contribution in [0.4, 0.5) is 5.69 Å². The average Bonchev–Trinajstić information content (AvgIpc) is 2.87. The van der Waals surface area contributed by atoms with Crippen molar-refractivity contribution in [1.82, 2.24) is 10.2 Å². The Balaban J connectivity index is 2.48. The summed E-state index contributed by atoms with van der Waals surface area (Å²) in [5.41, 5.74) is 0.757. The third kappa shape index (κ3) is 2.32. The number of allylic oxidation sites excluding steroid dienone is 2. The molecule has 0 aliphatic carbocycles. The Morgan fingerprint density at radius 1 is 1.21 bits per heavy atom. The summed E-state index contributed by atoms with van der Waals surface area (Å²) in [4.78, 5) is 0. The van der Waals surface area contributed by atoms with Crippen molar-refractivity contribution >= 4 is 28.2 Å². The Morgan fingerprint density at radius 3 is 2.58 bits per heavy atom. The molecular formula is C12H5ClN6. The molecule has 0 radical (unpaired) electrons. The molecule has 0 fully saturated rings. The second kappa shape index (κ2) is 5.10. The highest BCUT2D eigenvalue weighted by Gasteiger charge is 2.09. The fourth-order valence-corrected chi connectivity index (χ4v) is 1.78. The van der Waals surface area contributed by atoms with E-state index in [0.29, 0.717) is 16.2 Å². The lowest BCUT2D eigenvalue weighted by molar-refractivity contribution is 1.12. The number of anilines is 1. The maximum atomic E-state index is 8.94. The summed E-state index contributed by atoms with van der Waals surface area (Å²) in [6.45, 7) is 0. The highest BCUT2D eigenvalue weighted by Crippen LogP contribution is 2.27. The standard InChI is InChI=1S/C12H5ClN6/c13-10-1-8(2-11-9(10)6-17-19-11)18-12(5-16)7(3-14)4-15/h1-2,6,18H,(H,17,19). The van der Waals surface area contributed by atoms with E-state index in [4.69, 9.17) is 27.4 Å². The maximum Gasteiger partial charge on any atom is 0.163 e. The number of fused-ring (bicyclic) bond motifs is 1. The second-order valence-electron chi connectivity index (χ2n) is 3.50. The minimum absolute atomic E-state index is 0.125. The van der Waals surface area contributed by atoms with Crippen LogP contribution in [0.25, 0.3) is 10.9 Å². The molecule has 0 saturated carbocycles. The monoisotopic (exact) mass is 268 g/mol. The normalized spacial score (nSPS) is 9.16. The van der Waals surface area contributed by atoms with Crippen molar-refractivity contribution in [2.45, 2.75) is 0 Å². The van der Waals surface area contributed by atoms with Gasteiger partial charge in [-0.1, -0.05) is 11.6 Å². The molecule has 0 spiro atoms. The number of hydrogen-bond acceptors (Lipinski definition) is 5. The van der Waals surface area contributed by atoms with E-state index >= 15 is 0 Å². The van der Waals surface area contributed by atoms with Crippen LogP contribution in [0.5, 0.6) is 0 Å². The van der Waals surface area contributed by atoms with E-state index < -0.39 is 0 Å². The summed E-state index contributed by atoms with van der Waals surface area (Å²) >= 11 is 6.05. The van der Waals surface area contributed by atoms with Gasteiger partial charge in [0.1, 0.15) is 23.9 Å². The van der Waals surface area contributed by atoms with Crippen LogP contribution in [-0.4, -0.2) is 10.2 Å². The molecule has 6 nitrogen and oxygen atoms in total. The number of benzene rings is 1. The summed E-state index contributed by atoms with van der Waals surface area (Å²) in [7, 11) is 0. The number of rotatable bonds is 2. The van der Waals surface area contributed by atoms with Gasteiger partial charge in [0.25, 0.3) is 0 Å². The lowest BCUT2D eigenvalue weighted by Crippen LogP contribution is -2.00. The molecule has 0 unspecified atom stereocenters. The van der Waals surface area contributed by atoms with Gasteiger partial charge in [-0.25, -0.2) is 0 Å². The summed E-state index contributed by atoms with van der Waals surface area (Å²) in [6, 6.07) is 8.33. The van der Waals surface area contributed by atoms with E-state index in [2.05, 4.69) is 15.5 Å². The van der Waals surface area contributed by atoms with Crippen LogP contribution < -0.4 is 5.32 Å². The summed E-state index contributed by atoms with van der Waals surface area (Å²) in [5, 5.41) is 36.9. The zero-order valence-corrected chi connectivity index (χ0v) is 10.2. The highest BCUT2D eigenvalue weighted by molar-refractivity contribution is 6.35. The second-order valence-corrected chi connectivity index (χ2v) is 3.91. The van der Waals surface area contributed by atoms with Crippen molar-refractivity contribution < 1.29 is 0 Å². The minimum Gasteiger partial charge on any atom is -0.345 e. The van der Waals surface area contributed by atoms with Gasteiger partial charge in [-0.2, -0.15) is 20.9 Å². The number of aromatic nitrogens is 2.